The third kappa shape index (κ3) is 4.83. The molecule has 82 valence electrons. The van der Waals surface area contributed by atoms with Crippen molar-refractivity contribution in [2.75, 3.05) is 18.1 Å². The second-order valence-corrected chi connectivity index (χ2v) is 4.77. The van der Waals surface area contributed by atoms with Gasteiger partial charge in [0.1, 0.15) is 0 Å². The summed E-state index contributed by atoms with van der Waals surface area (Å²) >= 11 is 1.95. The summed E-state index contributed by atoms with van der Waals surface area (Å²) in [7, 11) is 0. The van der Waals surface area contributed by atoms with Crippen LogP contribution in [0.3, 0.4) is 0 Å². The summed E-state index contributed by atoms with van der Waals surface area (Å²) in [6, 6.07) is 0.458. The lowest BCUT2D eigenvalue weighted by atomic mass is 10.1. The number of hydrogen-bond acceptors (Lipinski definition) is 4. The van der Waals surface area contributed by atoms with Crippen molar-refractivity contribution in [2.45, 2.75) is 31.4 Å². The van der Waals surface area contributed by atoms with Gasteiger partial charge in [-0.05, 0) is 24.3 Å². The van der Waals surface area contributed by atoms with Gasteiger partial charge in [0, 0.05) is 12.6 Å². The molecule has 0 aromatic carbocycles. The number of carboxylic acid groups (broad SMARTS) is 1. The van der Waals surface area contributed by atoms with E-state index in [1.807, 2.05) is 11.8 Å². The molecule has 1 saturated heterocycles. The summed E-state index contributed by atoms with van der Waals surface area (Å²) < 4.78 is 0. The van der Waals surface area contributed by atoms with Crippen LogP contribution in [-0.4, -0.2) is 46.4 Å². The van der Waals surface area contributed by atoms with Gasteiger partial charge in [0.25, 0.3) is 0 Å². The molecule has 3 N–H and O–H groups in total. The molecule has 0 amide bonds. The van der Waals surface area contributed by atoms with E-state index < -0.39 is 12.1 Å². The van der Waals surface area contributed by atoms with Crippen LogP contribution >= 0.6 is 11.8 Å². The third-order valence-corrected chi connectivity index (χ3v) is 3.32. The lowest BCUT2D eigenvalue weighted by Gasteiger charge is -2.23. The maximum Gasteiger partial charge on any atom is 0.306 e. The molecule has 0 aromatic rings. The molecule has 0 aliphatic carbocycles. The van der Waals surface area contributed by atoms with E-state index in [0.29, 0.717) is 12.6 Å². The predicted molar refractivity (Wildman–Crippen MR) is 56.6 cm³/mol. The summed E-state index contributed by atoms with van der Waals surface area (Å²) in [5.74, 6) is 1.37. The molecule has 5 heteroatoms. The van der Waals surface area contributed by atoms with E-state index >= 15 is 0 Å². The van der Waals surface area contributed by atoms with Gasteiger partial charge in [-0.1, -0.05) is 0 Å². The van der Waals surface area contributed by atoms with E-state index in [0.717, 1.165) is 24.3 Å². The highest BCUT2D eigenvalue weighted by Crippen LogP contribution is 2.16. The fourth-order valence-corrected chi connectivity index (χ4v) is 2.58. The first-order valence-corrected chi connectivity index (χ1v) is 6.05. The Morgan fingerprint density at radius 1 is 1.50 bits per heavy atom. The summed E-state index contributed by atoms with van der Waals surface area (Å²) in [6.45, 7) is 0.391. The van der Waals surface area contributed by atoms with Crippen LogP contribution in [-0.2, 0) is 4.79 Å². The third-order valence-electron chi connectivity index (χ3n) is 2.27. The van der Waals surface area contributed by atoms with E-state index in [4.69, 9.17) is 5.11 Å². The van der Waals surface area contributed by atoms with Crippen LogP contribution in [0.4, 0.5) is 0 Å². The van der Waals surface area contributed by atoms with Gasteiger partial charge in [-0.3, -0.25) is 4.79 Å². The standard InChI is InChI=1S/C9H17NO3S/c11-8(5-9(12)13)6-10-7-1-3-14-4-2-7/h7-8,10-11H,1-6H2,(H,12,13). The summed E-state index contributed by atoms with van der Waals surface area (Å²) in [5, 5.41) is 20.9. The van der Waals surface area contributed by atoms with Crippen molar-refractivity contribution in [3.8, 4) is 0 Å². The molecule has 1 fully saturated rings. The predicted octanol–water partition coefficient (Wildman–Crippen LogP) is 0.307. The highest BCUT2D eigenvalue weighted by molar-refractivity contribution is 7.99. The molecule has 1 atom stereocenters. The molecule has 1 heterocycles. The largest absolute Gasteiger partial charge is 0.481 e. The number of rotatable bonds is 5. The van der Waals surface area contributed by atoms with Crippen molar-refractivity contribution >= 4 is 17.7 Å². The van der Waals surface area contributed by atoms with Gasteiger partial charge in [-0.15, -0.1) is 0 Å². The molecule has 1 aliphatic heterocycles. The van der Waals surface area contributed by atoms with Gasteiger partial charge in [-0.2, -0.15) is 11.8 Å². The van der Waals surface area contributed by atoms with Crippen LogP contribution < -0.4 is 5.32 Å². The Kier molecular flexibility index (Phi) is 5.29. The highest BCUT2D eigenvalue weighted by Gasteiger charge is 2.15. The quantitative estimate of drug-likeness (QED) is 0.621. The minimum atomic E-state index is -0.946. The van der Waals surface area contributed by atoms with E-state index in [2.05, 4.69) is 5.32 Å². The van der Waals surface area contributed by atoms with Crippen LogP contribution in [0.15, 0.2) is 0 Å². The molecular formula is C9H17NO3S. The Bertz CT molecular complexity index is 183. The van der Waals surface area contributed by atoms with E-state index in [-0.39, 0.29) is 6.42 Å². The monoisotopic (exact) mass is 219 g/mol. The number of hydrogen-bond donors (Lipinski definition) is 3. The van der Waals surface area contributed by atoms with Crippen molar-refractivity contribution in [2.24, 2.45) is 0 Å². The smallest absolute Gasteiger partial charge is 0.306 e. The molecule has 4 nitrogen and oxygen atoms in total. The van der Waals surface area contributed by atoms with Crippen LogP contribution in [0.2, 0.25) is 0 Å². The second kappa shape index (κ2) is 6.27. The summed E-state index contributed by atoms with van der Waals surface area (Å²) in [6.07, 6.45) is 1.30. The maximum atomic E-state index is 10.3. The first kappa shape index (κ1) is 11.8. The SMILES string of the molecule is O=C(O)CC(O)CNC1CCSCC1. The molecule has 14 heavy (non-hydrogen) atoms. The average molecular weight is 219 g/mol. The normalized spacial score (nSPS) is 20.6. The number of aliphatic hydroxyl groups excluding tert-OH is 1. The number of carbonyl (C=O) groups is 1. The fourth-order valence-electron chi connectivity index (χ4n) is 1.48. The lowest BCUT2D eigenvalue weighted by molar-refractivity contribution is -0.139. The minimum absolute atomic E-state index is 0.172. The Morgan fingerprint density at radius 2 is 2.14 bits per heavy atom. The van der Waals surface area contributed by atoms with Gasteiger partial charge in [0.05, 0.1) is 12.5 Å². The second-order valence-electron chi connectivity index (χ2n) is 3.55. The fraction of sp³-hybridized carbons (Fsp3) is 0.889. The van der Waals surface area contributed by atoms with Crippen molar-refractivity contribution in [3.05, 3.63) is 0 Å². The van der Waals surface area contributed by atoms with Crippen molar-refractivity contribution in [1.82, 2.24) is 5.32 Å². The van der Waals surface area contributed by atoms with Crippen molar-refractivity contribution in [3.63, 3.8) is 0 Å². The first-order valence-electron chi connectivity index (χ1n) is 4.89. The van der Waals surface area contributed by atoms with Crippen LogP contribution in [0.1, 0.15) is 19.3 Å². The number of nitrogens with one attached hydrogen (secondary N) is 1. The van der Waals surface area contributed by atoms with E-state index in [1.165, 1.54) is 0 Å². The first-order chi connectivity index (χ1) is 6.68. The zero-order valence-electron chi connectivity index (χ0n) is 8.11. The van der Waals surface area contributed by atoms with Crippen LogP contribution in [0.25, 0.3) is 0 Å². The van der Waals surface area contributed by atoms with E-state index in [9.17, 15) is 9.90 Å². The molecule has 0 aromatic heterocycles. The van der Waals surface area contributed by atoms with Gasteiger partial charge in [-0.25, -0.2) is 0 Å². The molecule has 1 rings (SSSR count). The number of aliphatic hydroxyl groups is 1. The lowest BCUT2D eigenvalue weighted by Crippen LogP contribution is -2.38. The number of carboxylic acids is 1. The Labute approximate surface area is 88.1 Å². The summed E-state index contributed by atoms with van der Waals surface area (Å²) in [4.78, 5) is 10.3. The Balaban J connectivity index is 2.09. The van der Waals surface area contributed by atoms with Gasteiger partial charge in [0.15, 0.2) is 0 Å². The molecular weight excluding hydrogens is 202 g/mol. The van der Waals surface area contributed by atoms with Gasteiger partial charge in [0.2, 0.25) is 0 Å². The Morgan fingerprint density at radius 3 is 2.71 bits per heavy atom. The van der Waals surface area contributed by atoms with E-state index in [1.54, 1.807) is 0 Å². The van der Waals surface area contributed by atoms with Crippen LogP contribution in [0.5, 0.6) is 0 Å². The Hall–Kier alpha value is -0.260. The average Bonchev–Trinajstić information content (AvgIpc) is 2.15. The molecule has 0 saturated carbocycles. The number of thioether (sulfide) groups is 1. The molecule has 1 unspecified atom stereocenters. The highest BCUT2D eigenvalue weighted by atomic mass is 32.2. The van der Waals surface area contributed by atoms with Crippen molar-refractivity contribution in [1.29, 1.82) is 0 Å². The van der Waals surface area contributed by atoms with Gasteiger partial charge >= 0.3 is 5.97 Å². The molecule has 0 bridgehead atoms. The molecule has 0 spiro atoms. The zero-order valence-corrected chi connectivity index (χ0v) is 8.92. The maximum absolute atomic E-state index is 10.3. The summed E-state index contributed by atoms with van der Waals surface area (Å²) in [5.41, 5.74) is 0. The molecule has 1 aliphatic rings. The van der Waals surface area contributed by atoms with Crippen molar-refractivity contribution < 1.29 is 15.0 Å². The topological polar surface area (TPSA) is 69.6 Å². The zero-order chi connectivity index (χ0) is 10.4. The minimum Gasteiger partial charge on any atom is -0.481 e. The van der Waals surface area contributed by atoms with Crippen LogP contribution in [0, 0.1) is 0 Å². The number of aliphatic carboxylic acids is 1. The molecule has 0 radical (unpaired) electrons. The van der Waals surface area contributed by atoms with Gasteiger partial charge < -0.3 is 15.5 Å².